The summed E-state index contributed by atoms with van der Waals surface area (Å²) >= 11 is 6.06. The van der Waals surface area contributed by atoms with Gasteiger partial charge in [-0.25, -0.2) is 0 Å². The molecule has 106 valence electrons. The predicted octanol–water partition coefficient (Wildman–Crippen LogP) is 3.99. The molecule has 1 aliphatic rings. The van der Waals surface area contributed by atoms with E-state index in [2.05, 4.69) is 54.2 Å². The Morgan fingerprint density at radius 2 is 2.05 bits per heavy atom. The number of pyridine rings is 1. The van der Waals surface area contributed by atoms with Crippen molar-refractivity contribution >= 4 is 22.5 Å². The molecule has 0 saturated heterocycles. The second kappa shape index (κ2) is 5.71. The van der Waals surface area contributed by atoms with E-state index in [9.17, 15) is 0 Å². The van der Waals surface area contributed by atoms with Crippen molar-refractivity contribution in [2.75, 3.05) is 13.6 Å². The third-order valence-corrected chi connectivity index (χ3v) is 4.47. The quantitative estimate of drug-likeness (QED) is 0.791. The van der Waals surface area contributed by atoms with E-state index >= 15 is 0 Å². The molecular formula is C17H21ClN2. The SMILES string of the molecule is Cc1cc(CN(C)CC2CC(Cl)C2)c2ccccc2n1. The fraction of sp³-hybridized carbons (Fsp3) is 0.471. The van der Waals surface area contributed by atoms with Crippen LogP contribution in [0.3, 0.4) is 0 Å². The molecule has 1 aromatic carbocycles. The topological polar surface area (TPSA) is 16.1 Å². The molecule has 1 aliphatic carbocycles. The first-order chi connectivity index (χ1) is 9.61. The highest BCUT2D eigenvalue weighted by Crippen LogP contribution is 2.32. The third kappa shape index (κ3) is 2.97. The first-order valence-corrected chi connectivity index (χ1v) is 7.73. The van der Waals surface area contributed by atoms with E-state index in [1.807, 2.05) is 0 Å². The first-order valence-electron chi connectivity index (χ1n) is 7.29. The maximum atomic E-state index is 6.06. The van der Waals surface area contributed by atoms with Gasteiger partial charge in [-0.3, -0.25) is 4.98 Å². The lowest BCUT2D eigenvalue weighted by Crippen LogP contribution is -2.34. The van der Waals surface area contributed by atoms with Gasteiger partial charge in [0.25, 0.3) is 0 Å². The number of aryl methyl sites for hydroxylation is 1. The number of alkyl halides is 1. The Kier molecular flexibility index (Phi) is 3.95. The summed E-state index contributed by atoms with van der Waals surface area (Å²) in [4.78, 5) is 7.02. The highest BCUT2D eigenvalue weighted by molar-refractivity contribution is 6.21. The molecular weight excluding hydrogens is 268 g/mol. The Labute approximate surface area is 125 Å². The molecule has 0 atom stereocenters. The number of benzene rings is 1. The van der Waals surface area contributed by atoms with E-state index < -0.39 is 0 Å². The van der Waals surface area contributed by atoms with E-state index in [4.69, 9.17) is 11.6 Å². The number of halogens is 1. The lowest BCUT2D eigenvalue weighted by molar-refractivity contribution is 0.204. The summed E-state index contributed by atoms with van der Waals surface area (Å²) in [6, 6.07) is 10.6. The van der Waals surface area contributed by atoms with Crippen LogP contribution in [0.25, 0.3) is 10.9 Å². The minimum absolute atomic E-state index is 0.414. The van der Waals surface area contributed by atoms with Crippen LogP contribution in [0.4, 0.5) is 0 Å². The minimum Gasteiger partial charge on any atom is -0.302 e. The van der Waals surface area contributed by atoms with Crippen LogP contribution < -0.4 is 0 Å². The molecule has 3 rings (SSSR count). The lowest BCUT2D eigenvalue weighted by atomic mass is 9.84. The summed E-state index contributed by atoms with van der Waals surface area (Å²) in [5, 5.41) is 1.69. The Morgan fingerprint density at radius 1 is 1.30 bits per heavy atom. The van der Waals surface area contributed by atoms with Crippen LogP contribution in [0.5, 0.6) is 0 Å². The van der Waals surface area contributed by atoms with Crippen molar-refractivity contribution in [1.29, 1.82) is 0 Å². The molecule has 1 fully saturated rings. The fourth-order valence-electron chi connectivity index (χ4n) is 3.13. The number of para-hydroxylation sites is 1. The van der Waals surface area contributed by atoms with E-state index in [1.165, 1.54) is 23.8 Å². The second-order valence-corrected chi connectivity index (χ2v) is 6.69. The van der Waals surface area contributed by atoms with Gasteiger partial charge in [0.2, 0.25) is 0 Å². The van der Waals surface area contributed by atoms with Crippen molar-refractivity contribution in [2.45, 2.75) is 31.7 Å². The van der Waals surface area contributed by atoms with Crippen LogP contribution in [-0.4, -0.2) is 28.9 Å². The molecule has 1 saturated carbocycles. The number of hydrogen-bond donors (Lipinski definition) is 0. The molecule has 1 aromatic heterocycles. The van der Waals surface area contributed by atoms with Crippen LogP contribution in [-0.2, 0) is 6.54 Å². The van der Waals surface area contributed by atoms with Crippen LogP contribution in [0.15, 0.2) is 30.3 Å². The van der Waals surface area contributed by atoms with E-state index in [-0.39, 0.29) is 0 Å². The van der Waals surface area contributed by atoms with Crippen molar-refractivity contribution in [2.24, 2.45) is 5.92 Å². The Morgan fingerprint density at radius 3 is 2.80 bits per heavy atom. The summed E-state index contributed by atoms with van der Waals surface area (Å²) in [7, 11) is 2.20. The zero-order valence-corrected chi connectivity index (χ0v) is 12.9. The van der Waals surface area contributed by atoms with Crippen molar-refractivity contribution < 1.29 is 0 Å². The molecule has 2 aromatic rings. The largest absolute Gasteiger partial charge is 0.302 e. The highest BCUT2D eigenvalue weighted by Gasteiger charge is 2.27. The van der Waals surface area contributed by atoms with Gasteiger partial charge in [-0.15, -0.1) is 11.6 Å². The summed E-state index contributed by atoms with van der Waals surface area (Å²) in [6.07, 6.45) is 2.34. The molecule has 0 unspecified atom stereocenters. The molecule has 0 N–H and O–H groups in total. The van der Waals surface area contributed by atoms with Gasteiger partial charge in [0.15, 0.2) is 0 Å². The maximum absolute atomic E-state index is 6.06. The molecule has 0 aliphatic heterocycles. The van der Waals surface area contributed by atoms with Crippen molar-refractivity contribution in [3.63, 3.8) is 0 Å². The molecule has 0 spiro atoms. The summed E-state index contributed by atoms with van der Waals surface area (Å²) in [6.45, 7) is 4.19. The van der Waals surface area contributed by atoms with Crippen LogP contribution >= 0.6 is 11.6 Å². The number of fused-ring (bicyclic) bond motifs is 1. The monoisotopic (exact) mass is 288 g/mol. The van der Waals surface area contributed by atoms with Gasteiger partial charge in [-0.2, -0.15) is 0 Å². The number of hydrogen-bond acceptors (Lipinski definition) is 2. The number of rotatable bonds is 4. The average Bonchev–Trinajstić information content (AvgIpc) is 2.36. The molecule has 1 heterocycles. The molecule has 20 heavy (non-hydrogen) atoms. The Balaban J connectivity index is 1.76. The summed E-state index contributed by atoms with van der Waals surface area (Å²) in [5.41, 5.74) is 3.56. The molecule has 2 nitrogen and oxygen atoms in total. The first kappa shape index (κ1) is 13.8. The summed E-state index contributed by atoms with van der Waals surface area (Å²) in [5.74, 6) is 0.775. The number of nitrogens with zero attached hydrogens (tertiary/aromatic N) is 2. The zero-order valence-electron chi connectivity index (χ0n) is 12.1. The molecule has 0 radical (unpaired) electrons. The van der Waals surface area contributed by atoms with Crippen LogP contribution in [0.1, 0.15) is 24.1 Å². The van der Waals surface area contributed by atoms with Gasteiger partial charge in [0.05, 0.1) is 5.52 Å². The van der Waals surface area contributed by atoms with Gasteiger partial charge in [-0.05, 0) is 50.4 Å². The minimum atomic E-state index is 0.414. The molecule has 3 heteroatoms. The summed E-state index contributed by atoms with van der Waals surface area (Å²) < 4.78 is 0. The third-order valence-electron chi connectivity index (χ3n) is 4.12. The van der Waals surface area contributed by atoms with E-state index in [0.29, 0.717) is 5.38 Å². The van der Waals surface area contributed by atoms with Gasteiger partial charge in [0, 0.05) is 29.5 Å². The van der Waals surface area contributed by atoms with E-state index in [1.54, 1.807) is 0 Å². The molecule has 0 bridgehead atoms. The Hall–Kier alpha value is -1.12. The van der Waals surface area contributed by atoms with Crippen molar-refractivity contribution in [3.05, 3.63) is 41.6 Å². The highest BCUT2D eigenvalue weighted by atomic mass is 35.5. The standard InChI is InChI=1S/C17H21ClN2/c1-12-7-14(16-5-3-4-6-17(16)19-12)11-20(2)10-13-8-15(18)9-13/h3-7,13,15H,8-11H2,1-2H3. The smallest absolute Gasteiger partial charge is 0.0708 e. The van der Waals surface area contributed by atoms with Crippen molar-refractivity contribution in [3.8, 4) is 0 Å². The number of aromatic nitrogens is 1. The van der Waals surface area contributed by atoms with Gasteiger partial charge >= 0.3 is 0 Å². The van der Waals surface area contributed by atoms with Gasteiger partial charge in [0.1, 0.15) is 0 Å². The van der Waals surface area contributed by atoms with Crippen LogP contribution in [0.2, 0.25) is 0 Å². The van der Waals surface area contributed by atoms with Gasteiger partial charge < -0.3 is 4.90 Å². The Bertz CT molecular complexity index is 605. The van der Waals surface area contributed by atoms with Gasteiger partial charge in [-0.1, -0.05) is 18.2 Å². The lowest BCUT2D eigenvalue weighted by Gasteiger charge is -2.34. The average molecular weight is 289 g/mol. The van der Waals surface area contributed by atoms with Crippen molar-refractivity contribution in [1.82, 2.24) is 9.88 Å². The molecule has 0 amide bonds. The van der Waals surface area contributed by atoms with E-state index in [0.717, 1.165) is 30.2 Å². The van der Waals surface area contributed by atoms with Crippen LogP contribution in [0, 0.1) is 12.8 Å². The predicted molar refractivity (Wildman–Crippen MR) is 85.2 cm³/mol. The zero-order chi connectivity index (χ0) is 14.1. The maximum Gasteiger partial charge on any atom is 0.0708 e. The fourth-order valence-corrected chi connectivity index (χ4v) is 3.63. The normalized spacial score (nSPS) is 22.2. The second-order valence-electron chi connectivity index (χ2n) is 6.07.